The van der Waals surface area contributed by atoms with Gasteiger partial charge in [-0.2, -0.15) is 0 Å². The predicted molar refractivity (Wildman–Crippen MR) is 98.8 cm³/mol. The normalized spacial score (nSPS) is 11.8. The topological polar surface area (TPSA) is 38.3 Å². The van der Waals surface area contributed by atoms with Crippen molar-refractivity contribution in [3.63, 3.8) is 0 Å². The largest absolute Gasteiger partial charge is 0.481 e. The molecule has 128 valence electrons. The third kappa shape index (κ3) is 5.15. The molecule has 3 nitrogen and oxygen atoms in total. The van der Waals surface area contributed by atoms with Crippen LogP contribution >= 0.6 is 23.2 Å². The van der Waals surface area contributed by atoms with E-state index < -0.39 is 6.10 Å². The third-order valence-electron chi connectivity index (χ3n) is 3.74. The van der Waals surface area contributed by atoms with Crippen molar-refractivity contribution in [2.45, 2.75) is 39.3 Å². The molecule has 0 aromatic heterocycles. The highest BCUT2D eigenvalue weighted by Crippen LogP contribution is 2.21. The van der Waals surface area contributed by atoms with Gasteiger partial charge in [0.05, 0.1) is 0 Å². The van der Waals surface area contributed by atoms with Gasteiger partial charge in [-0.25, -0.2) is 0 Å². The number of halogens is 2. The first kappa shape index (κ1) is 18.6. The van der Waals surface area contributed by atoms with Crippen LogP contribution in [0.15, 0.2) is 42.5 Å². The van der Waals surface area contributed by atoms with Gasteiger partial charge in [-0.3, -0.25) is 4.79 Å². The summed E-state index contributed by atoms with van der Waals surface area (Å²) in [4.78, 5) is 12.3. The van der Waals surface area contributed by atoms with Crippen LogP contribution in [0.4, 0.5) is 0 Å². The van der Waals surface area contributed by atoms with E-state index in [1.165, 1.54) is 5.56 Å². The summed E-state index contributed by atoms with van der Waals surface area (Å²) in [5.41, 5.74) is 2.05. The lowest BCUT2D eigenvalue weighted by Gasteiger charge is -2.18. The second kappa shape index (κ2) is 8.95. The smallest absolute Gasteiger partial charge is 0.261 e. The van der Waals surface area contributed by atoms with Gasteiger partial charge in [-0.15, -0.1) is 0 Å². The zero-order chi connectivity index (χ0) is 17.5. The molecule has 5 heteroatoms. The number of hydrogen-bond acceptors (Lipinski definition) is 2. The van der Waals surface area contributed by atoms with Crippen molar-refractivity contribution in [3.05, 3.63) is 63.6 Å². The maximum Gasteiger partial charge on any atom is 0.261 e. The van der Waals surface area contributed by atoms with Gasteiger partial charge in [0.25, 0.3) is 5.91 Å². The molecule has 0 saturated heterocycles. The molecule has 0 fully saturated rings. The van der Waals surface area contributed by atoms with Crippen molar-refractivity contribution < 1.29 is 9.53 Å². The van der Waals surface area contributed by atoms with Crippen molar-refractivity contribution >= 4 is 29.1 Å². The molecule has 0 aliphatic carbocycles. The number of nitrogens with one attached hydrogen (secondary N) is 1. The summed E-state index contributed by atoms with van der Waals surface area (Å²) in [6, 6.07) is 13.0. The van der Waals surface area contributed by atoms with Crippen LogP contribution in [0.3, 0.4) is 0 Å². The average molecular weight is 366 g/mol. The number of hydrogen-bond donors (Lipinski definition) is 1. The number of ether oxygens (including phenoxy) is 1. The van der Waals surface area contributed by atoms with E-state index in [9.17, 15) is 4.79 Å². The number of aryl methyl sites for hydroxylation is 1. The minimum atomic E-state index is -0.538. The van der Waals surface area contributed by atoms with Gasteiger partial charge >= 0.3 is 0 Å². The van der Waals surface area contributed by atoms with Crippen molar-refractivity contribution in [3.8, 4) is 5.75 Å². The van der Waals surface area contributed by atoms with Gasteiger partial charge in [0.2, 0.25) is 0 Å². The Morgan fingerprint density at radius 1 is 1.12 bits per heavy atom. The SMILES string of the molecule is CCc1ccc(OC(CC)C(=O)NCc2ccc(Cl)cc2Cl)cc1. The van der Waals surface area contributed by atoms with Crippen molar-refractivity contribution in [1.29, 1.82) is 0 Å². The fourth-order valence-electron chi connectivity index (χ4n) is 2.25. The summed E-state index contributed by atoms with van der Waals surface area (Å²) in [5.74, 6) is 0.529. The minimum absolute atomic E-state index is 0.164. The van der Waals surface area contributed by atoms with E-state index in [1.54, 1.807) is 18.2 Å². The number of carbonyl (C=O) groups is 1. The molecule has 24 heavy (non-hydrogen) atoms. The number of rotatable bonds is 7. The van der Waals surface area contributed by atoms with Gasteiger partial charge in [0.1, 0.15) is 5.75 Å². The van der Waals surface area contributed by atoms with Gasteiger partial charge < -0.3 is 10.1 Å². The van der Waals surface area contributed by atoms with Crippen molar-refractivity contribution in [1.82, 2.24) is 5.32 Å². The van der Waals surface area contributed by atoms with E-state index in [1.807, 2.05) is 31.2 Å². The second-order valence-corrected chi connectivity index (χ2v) is 6.31. The molecule has 1 N–H and O–H groups in total. The Kier molecular flexibility index (Phi) is 6.95. The summed E-state index contributed by atoms with van der Waals surface area (Å²) in [5, 5.41) is 3.97. The molecule has 2 aromatic rings. The fraction of sp³-hybridized carbons (Fsp3) is 0.316. The van der Waals surface area contributed by atoms with Crippen LogP contribution in [0, 0.1) is 0 Å². The van der Waals surface area contributed by atoms with Crippen molar-refractivity contribution in [2.75, 3.05) is 0 Å². The molecule has 0 aliphatic heterocycles. The first-order valence-electron chi connectivity index (χ1n) is 8.00. The summed E-state index contributed by atoms with van der Waals surface area (Å²) in [6.07, 6.45) is 1.01. The molecule has 0 radical (unpaired) electrons. The van der Waals surface area contributed by atoms with E-state index in [2.05, 4.69) is 12.2 Å². The van der Waals surface area contributed by atoms with Crippen LogP contribution < -0.4 is 10.1 Å². The van der Waals surface area contributed by atoms with Crippen LogP contribution in [-0.4, -0.2) is 12.0 Å². The Labute approximate surface area is 152 Å². The Morgan fingerprint density at radius 3 is 2.42 bits per heavy atom. The van der Waals surface area contributed by atoms with Gasteiger partial charge in [0, 0.05) is 16.6 Å². The zero-order valence-electron chi connectivity index (χ0n) is 13.8. The number of carbonyl (C=O) groups excluding carboxylic acids is 1. The van der Waals surface area contributed by atoms with Crippen LogP contribution in [-0.2, 0) is 17.8 Å². The standard InChI is InChI=1S/C19H21Cl2NO2/c1-3-13-5-9-16(10-6-13)24-18(4-2)19(23)22-12-14-7-8-15(20)11-17(14)21/h5-11,18H,3-4,12H2,1-2H3,(H,22,23). The molecule has 0 saturated carbocycles. The third-order valence-corrected chi connectivity index (χ3v) is 4.33. The highest BCUT2D eigenvalue weighted by Gasteiger charge is 2.18. The number of benzene rings is 2. The predicted octanol–water partition coefficient (Wildman–Crippen LogP) is 5.03. The highest BCUT2D eigenvalue weighted by atomic mass is 35.5. The van der Waals surface area contributed by atoms with Gasteiger partial charge in [-0.05, 0) is 48.2 Å². The molecule has 2 aromatic carbocycles. The van der Waals surface area contributed by atoms with Crippen LogP contribution in [0.25, 0.3) is 0 Å². The maximum atomic E-state index is 12.3. The molecule has 2 rings (SSSR count). The molecule has 0 heterocycles. The summed E-state index contributed by atoms with van der Waals surface area (Å²) in [7, 11) is 0. The Hall–Kier alpha value is -1.71. The lowest BCUT2D eigenvalue weighted by Crippen LogP contribution is -2.37. The Morgan fingerprint density at radius 2 is 1.83 bits per heavy atom. The molecule has 0 spiro atoms. The molecule has 1 amide bonds. The fourth-order valence-corrected chi connectivity index (χ4v) is 2.73. The first-order chi connectivity index (χ1) is 11.5. The van der Waals surface area contributed by atoms with Crippen LogP contribution in [0.5, 0.6) is 5.75 Å². The molecular formula is C19H21Cl2NO2. The molecular weight excluding hydrogens is 345 g/mol. The summed E-state index contributed by atoms with van der Waals surface area (Å²) < 4.78 is 5.80. The second-order valence-electron chi connectivity index (χ2n) is 5.47. The van der Waals surface area contributed by atoms with E-state index in [-0.39, 0.29) is 5.91 Å². The minimum Gasteiger partial charge on any atom is -0.481 e. The molecule has 0 aliphatic rings. The van der Waals surface area contributed by atoms with Crippen LogP contribution in [0.1, 0.15) is 31.4 Å². The zero-order valence-corrected chi connectivity index (χ0v) is 15.3. The lowest BCUT2D eigenvalue weighted by atomic mass is 10.1. The maximum absolute atomic E-state index is 12.3. The summed E-state index contributed by atoms with van der Waals surface area (Å²) >= 11 is 12.0. The lowest BCUT2D eigenvalue weighted by molar-refractivity contribution is -0.128. The van der Waals surface area contributed by atoms with Crippen LogP contribution in [0.2, 0.25) is 10.0 Å². The van der Waals surface area contributed by atoms with E-state index in [0.29, 0.717) is 28.8 Å². The van der Waals surface area contributed by atoms with E-state index in [4.69, 9.17) is 27.9 Å². The summed E-state index contributed by atoms with van der Waals surface area (Å²) in [6.45, 7) is 4.35. The molecule has 0 bridgehead atoms. The highest BCUT2D eigenvalue weighted by molar-refractivity contribution is 6.35. The van der Waals surface area contributed by atoms with Crippen molar-refractivity contribution in [2.24, 2.45) is 0 Å². The Balaban J connectivity index is 1.95. The van der Waals surface area contributed by atoms with E-state index >= 15 is 0 Å². The molecule has 1 unspecified atom stereocenters. The first-order valence-corrected chi connectivity index (χ1v) is 8.76. The van der Waals surface area contributed by atoms with E-state index in [0.717, 1.165) is 12.0 Å². The average Bonchev–Trinajstić information content (AvgIpc) is 2.59. The van der Waals surface area contributed by atoms with Gasteiger partial charge in [0.15, 0.2) is 6.10 Å². The monoisotopic (exact) mass is 365 g/mol. The van der Waals surface area contributed by atoms with Gasteiger partial charge in [-0.1, -0.05) is 55.2 Å². The molecule has 1 atom stereocenters. The Bertz CT molecular complexity index is 686. The number of amides is 1. The quantitative estimate of drug-likeness (QED) is 0.746.